The fourth-order valence-corrected chi connectivity index (χ4v) is 4.72. The zero-order valence-electron chi connectivity index (χ0n) is 14.3. The topological polar surface area (TPSA) is 92.5 Å². The average molecular weight is 393 g/mol. The van der Waals surface area contributed by atoms with Crippen LogP contribution < -0.4 is 11.1 Å². The highest BCUT2D eigenvalue weighted by Gasteiger charge is 2.35. The van der Waals surface area contributed by atoms with E-state index in [1.165, 1.54) is 28.6 Å². The number of carbonyl (C=O) groups is 1. The summed E-state index contributed by atoms with van der Waals surface area (Å²) in [5.41, 5.74) is 5.87. The summed E-state index contributed by atoms with van der Waals surface area (Å²) in [6, 6.07) is 4.23. The molecule has 1 aliphatic heterocycles. The van der Waals surface area contributed by atoms with Crippen molar-refractivity contribution in [1.82, 2.24) is 9.62 Å². The Morgan fingerprint density at radius 3 is 2.46 bits per heavy atom. The van der Waals surface area contributed by atoms with Gasteiger partial charge in [0, 0.05) is 24.2 Å². The lowest BCUT2D eigenvalue weighted by molar-refractivity contribution is -0.123. The van der Waals surface area contributed by atoms with Gasteiger partial charge in [0.15, 0.2) is 0 Å². The number of sulfonamides is 1. The Labute approximate surface area is 150 Å². The van der Waals surface area contributed by atoms with E-state index in [0.29, 0.717) is 13.0 Å². The van der Waals surface area contributed by atoms with Crippen LogP contribution in [-0.4, -0.2) is 50.0 Å². The zero-order chi connectivity index (χ0) is 19.5. The SMILES string of the molecule is CC(N)C1CCCCN1S(=O)(=O)c1ccc(C(=O)NCC(F)(F)F)cc1. The third kappa shape index (κ3) is 4.95. The van der Waals surface area contributed by atoms with Crippen LogP contribution in [0.25, 0.3) is 0 Å². The summed E-state index contributed by atoms with van der Waals surface area (Å²) in [4.78, 5) is 11.7. The number of hydrogen-bond donors (Lipinski definition) is 2. The Balaban J connectivity index is 2.17. The highest BCUT2D eigenvalue weighted by Crippen LogP contribution is 2.27. The van der Waals surface area contributed by atoms with E-state index in [4.69, 9.17) is 5.73 Å². The molecule has 0 spiro atoms. The fourth-order valence-electron chi connectivity index (χ4n) is 2.95. The van der Waals surface area contributed by atoms with Crippen molar-refractivity contribution in [2.24, 2.45) is 5.73 Å². The Kier molecular flexibility index (Phi) is 6.30. The van der Waals surface area contributed by atoms with Crippen LogP contribution in [0, 0.1) is 0 Å². The Bertz CT molecular complexity index is 733. The van der Waals surface area contributed by atoms with Gasteiger partial charge in [-0.25, -0.2) is 8.42 Å². The number of rotatable bonds is 5. The maximum Gasteiger partial charge on any atom is 0.405 e. The molecule has 1 heterocycles. The average Bonchev–Trinajstić information content (AvgIpc) is 2.59. The van der Waals surface area contributed by atoms with Gasteiger partial charge in [-0.15, -0.1) is 0 Å². The summed E-state index contributed by atoms with van der Waals surface area (Å²) in [5, 5.41) is 1.74. The number of nitrogens with zero attached hydrogens (tertiary/aromatic N) is 1. The smallest absolute Gasteiger partial charge is 0.343 e. The van der Waals surface area contributed by atoms with E-state index in [1.54, 1.807) is 12.2 Å². The van der Waals surface area contributed by atoms with E-state index < -0.39 is 28.7 Å². The van der Waals surface area contributed by atoms with Crippen molar-refractivity contribution in [3.63, 3.8) is 0 Å². The molecular weight excluding hydrogens is 371 g/mol. The standard InChI is InChI=1S/C16H22F3N3O3S/c1-11(20)14-4-2-3-9-22(14)26(24,25)13-7-5-12(6-8-13)15(23)21-10-16(17,18)19/h5-8,11,14H,2-4,9-10,20H2,1H3,(H,21,23). The largest absolute Gasteiger partial charge is 0.405 e. The van der Waals surface area contributed by atoms with Gasteiger partial charge in [0.05, 0.1) is 4.90 Å². The van der Waals surface area contributed by atoms with Gasteiger partial charge < -0.3 is 11.1 Å². The monoisotopic (exact) mass is 393 g/mol. The maximum absolute atomic E-state index is 12.9. The molecule has 26 heavy (non-hydrogen) atoms. The van der Waals surface area contributed by atoms with Crippen molar-refractivity contribution in [1.29, 1.82) is 0 Å². The van der Waals surface area contributed by atoms with E-state index in [0.717, 1.165) is 12.8 Å². The molecule has 1 aliphatic rings. The molecule has 0 saturated carbocycles. The molecule has 1 fully saturated rings. The minimum absolute atomic E-state index is 0.0163. The van der Waals surface area contributed by atoms with Gasteiger partial charge in [-0.2, -0.15) is 17.5 Å². The summed E-state index contributed by atoms with van der Waals surface area (Å²) in [7, 11) is -3.79. The van der Waals surface area contributed by atoms with Crippen LogP contribution in [0.15, 0.2) is 29.2 Å². The lowest BCUT2D eigenvalue weighted by Crippen LogP contribution is -2.51. The second-order valence-electron chi connectivity index (χ2n) is 6.36. The zero-order valence-corrected chi connectivity index (χ0v) is 15.1. The summed E-state index contributed by atoms with van der Waals surface area (Å²) in [6.45, 7) is 0.671. The molecule has 1 aromatic rings. The van der Waals surface area contributed by atoms with Crippen LogP contribution in [-0.2, 0) is 10.0 Å². The second-order valence-corrected chi connectivity index (χ2v) is 8.25. The van der Waals surface area contributed by atoms with Gasteiger partial charge in [0.1, 0.15) is 6.54 Å². The van der Waals surface area contributed by atoms with Gasteiger partial charge in [0.2, 0.25) is 10.0 Å². The third-order valence-electron chi connectivity index (χ3n) is 4.28. The first kappa shape index (κ1) is 20.7. The van der Waals surface area contributed by atoms with Crippen molar-refractivity contribution in [2.75, 3.05) is 13.1 Å². The molecule has 1 saturated heterocycles. The number of hydrogen-bond acceptors (Lipinski definition) is 4. The number of halogens is 3. The first-order valence-corrected chi connectivity index (χ1v) is 9.69. The first-order chi connectivity index (χ1) is 12.0. The molecule has 0 aliphatic carbocycles. The van der Waals surface area contributed by atoms with Crippen molar-refractivity contribution in [3.05, 3.63) is 29.8 Å². The molecule has 6 nitrogen and oxygen atoms in total. The highest BCUT2D eigenvalue weighted by atomic mass is 32.2. The number of piperidine rings is 1. The summed E-state index contributed by atoms with van der Waals surface area (Å²) < 4.78 is 63.5. The third-order valence-corrected chi connectivity index (χ3v) is 6.22. The van der Waals surface area contributed by atoms with E-state index in [-0.39, 0.29) is 22.5 Å². The van der Waals surface area contributed by atoms with Crippen molar-refractivity contribution in [3.8, 4) is 0 Å². The predicted molar refractivity (Wildman–Crippen MR) is 90.0 cm³/mol. The minimum atomic E-state index is -4.51. The lowest BCUT2D eigenvalue weighted by atomic mass is 10.00. The van der Waals surface area contributed by atoms with Crippen LogP contribution >= 0.6 is 0 Å². The number of benzene rings is 1. The lowest BCUT2D eigenvalue weighted by Gasteiger charge is -2.36. The van der Waals surface area contributed by atoms with Crippen molar-refractivity contribution >= 4 is 15.9 Å². The molecule has 3 N–H and O–H groups in total. The Hall–Kier alpha value is -1.65. The van der Waals surface area contributed by atoms with Crippen LogP contribution in [0.5, 0.6) is 0 Å². The molecule has 2 unspecified atom stereocenters. The van der Waals surface area contributed by atoms with Gasteiger partial charge in [-0.3, -0.25) is 4.79 Å². The summed E-state index contributed by atoms with van der Waals surface area (Å²) in [5.74, 6) is -0.919. The van der Waals surface area contributed by atoms with Gasteiger partial charge in [-0.1, -0.05) is 6.42 Å². The number of carbonyl (C=O) groups excluding carboxylic acids is 1. The number of nitrogens with one attached hydrogen (secondary N) is 1. The molecule has 0 bridgehead atoms. The highest BCUT2D eigenvalue weighted by molar-refractivity contribution is 7.89. The molecular formula is C16H22F3N3O3S. The minimum Gasteiger partial charge on any atom is -0.343 e. The molecule has 2 rings (SSSR count). The summed E-state index contributed by atoms with van der Waals surface area (Å²) >= 11 is 0. The molecule has 0 aromatic heterocycles. The van der Waals surface area contributed by atoms with E-state index >= 15 is 0 Å². The quantitative estimate of drug-likeness (QED) is 0.799. The van der Waals surface area contributed by atoms with Crippen LogP contribution in [0.3, 0.4) is 0 Å². The maximum atomic E-state index is 12.9. The molecule has 1 amide bonds. The van der Waals surface area contributed by atoms with Crippen molar-refractivity contribution < 1.29 is 26.4 Å². The van der Waals surface area contributed by atoms with Gasteiger partial charge in [-0.05, 0) is 44.0 Å². The van der Waals surface area contributed by atoms with Crippen LogP contribution in [0.2, 0.25) is 0 Å². The first-order valence-electron chi connectivity index (χ1n) is 8.25. The number of amides is 1. The number of nitrogens with two attached hydrogens (primary N) is 1. The van der Waals surface area contributed by atoms with Crippen LogP contribution in [0.1, 0.15) is 36.5 Å². The second kappa shape index (κ2) is 7.93. The van der Waals surface area contributed by atoms with E-state index in [9.17, 15) is 26.4 Å². The van der Waals surface area contributed by atoms with Gasteiger partial charge >= 0.3 is 6.18 Å². The van der Waals surface area contributed by atoms with E-state index in [1.807, 2.05) is 0 Å². The summed E-state index contributed by atoms with van der Waals surface area (Å²) in [6.07, 6.45) is -2.20. The predicted octanol–water partition coefficient (Wildman–Crippen LogP) is 1.87. The van der Waals surface area contributed by atoms with Crippen molar-refractivity contribution in [2.45, 2.75) is 49.3 Å². The normalized spacial score (nSPS) is 20.6. The Morgan fingerprint density at radius 2 is 1.92 bits per heavy atom. The Morgan fingerprint density at radius 1 is 1.31 bits per heavy atom. The fraction of sp³-hybridized carbons (Fsp3) is 0.562. The molecule has 146 valence electrons. The number of alkyl halides is 3. The van der Waals surface area contributed by atoms with E-state index in [2.05, 4.69) is 0 Å². The molecule has 10 heteroatoms. The molecule has 1 aromatic carbocycles. The van der Waals surface area contributed by atoms with Gasteiger partial charge in [0.25, 0.3) is 5.91 Å². The molecule has 0 radical (unpaired) electrons. The molecule has 2 atom stereocenters. The van der Waals surface area contributed by atoms with Crippen LogP contribution in [0.4, 0.5) is 13.2 Å².